The Morgan fingerprint density at radius 3 is 2.78 bits per heavy atom. The third-order valence-corrected chi connectivity index (χ3v) is 6.13. The summed E-state index contributed by atoms with van der Waals surface area (Å²) in [4.78, 5) is 23.2. The van der Waals surface area contributed by atoms with E-state index in [4.69, 9.17) is 0 Å². The second kappa shape index (κ2) is 8.03. The molecule has 0 N–H and O–H groups in total. The van der Waals surface area contributed by atoms with Gasteiger partial charge in [-0.05, 0) is 41.1 Å². The van der Waals surface area contributed by atoms with Crippen LogP contribution in [0.5, 0.6) is 0 Å². The summed E-state index contributed by atoms with van der Waals surface area (Å²) >= 11 is 1.82. The van der Waals surface area contributed by atoms with E-state index in [0.717, 1.165) is 30.8 Å². The van der Waals surface area contributed by atoms with Crippen LogP contribution in [-0.4, -0.2) is 40.8 Å². The molecular weight excluding hydrogens is 354 g/mol. The number of aromatic nitrogens is 1. The first-order valence-corrected chi connectivity index (χ1v) is 10.1. The second-order valence-corrected chi connectivity index (χ2v) is 7.90. The van der Waals surface area contributed by atoms with Gasteiger partial charge in [-0.25, -0.2) is 0 Å². The van der Waals surface area contributed by atoms with Gasteiger partial charge in [0.1, 0.15) is 0 Å². The lowest BCUT2D eigenvalue weighted by molar-refractivity contribution is -0.132. The van der Waals surface area contributed by atoms with Crippen LogP contribution in [0.25, 0.3) is 0 Å². The Morgan fingerprint density at radius 1 is 1.19 bits per heavy atom. The largest absolute Gasteiger partial charge is 0.332 e. The molecule has 5 heteroatoms. The molecule has 1 aliphatic rings. The van der Waals surface area contributed by atoms with Crippen molar-refractivity contribution < 1.29 is 4.79 Å². The van der Waals surface area contributed by atoms with Crippen LogP contribution in [0.1, 0.15) is 27.7 Å². The van der Waals surface area contributed by atoms with Gasteiger partial charge in [-0.2, -0.15) is 0 Å². The number of nitrogens with zero attached hydrogens (tertiary/aromatic N) is 3. The molecule has 1 aliphatic heterocycles. The van der Waals surface area contributed by atoms with Crippen molar-refractivity contribution in [3.8, 4) is 0 Å². The number of hydrogen-bond donors (Lipinski definition) is 0. The average molecular weight is 378 g/mol. The molecule has 0 spiro atoms. The monoisotopic (exact) mass is 377 g/mol. The minimum atomic E-state index is -0.179. The quantitative estimate of drug-likeness (QED) is 0.679. The highest BCUT2D eigenvalue weighted by Gasteiger charge is 2.27. The fourth-order valence-corrected chi connectivity index (χ4v) is 4.54. The van der Waals surface area contributed by atoms with Gasteiger partial charge in [-0.3, -0.25) is 14.7 Å². The van der Waals surface area contributed by atoms with Gasteiger partial charge in [-0.15, -0.1) is 11.3 Å². The van der Waals surface area contributed by atoms with Gasteiger partial charge in [-0.1, -0.05) is 36.4 Å². The van der Waals surface area contributed by atoms with Crippen molar-refractivity contribution in [3.05, 3.63) is 87.9 Å². The number of carbonyl (C=O) groups excluding carboxylic acids is 1. The molecule has 0 aliphatic carbocycles. The number of thiophene rings is 1. The summed E-state index contributed by atoms with van der Waals surface area (Å²) in [7, 11) is 1.88. The van der Waals surface area contributed by atoms with Gasteiger partial charge in [0.25, 0.3) is 0 Å². The highest BCUT2D eigenvalue weighted by atomic mass is 32.1. The number of likely N-dealkylation sites (N-methyl/N-ethyl adjacent to an activating group) is 1. The second-order valence-electron chi connectivity index (χ2n) is 6.90. The lowest BCUT2D eigenvalue weighted by atomic mass is 10.0. The van der Waals surface area contributed by atoms with Crippen molar-refractivity contribution in [2.24, 2.45) is 0 Å². The number of hydrogen-bond acceptors (Lipinski definition) is 4. The summed E-state index contributed by atoms with van der Waals surface area (Å²) in [6.45, 7) is 2.23. The fourth-order valence-electron chi connectivity index (χ4n) is 3.65. The number of benzene rings is 1. The van der Waals surface area contributed by atoms with E-state index in [1.54, 1.807) is 6.20 Å². The molecule has 0 fully saturated rings. The van der Waals surface area contributed by atoms with E-state index in [0.29, 0.717) is 6.54 Å². The lowest BCUT2D eigenvalue weighted by Gasteiger charge is -2.32. The Labute approximate surface area is 164 Å². The number of amides is 1. The summed E-state index contributed by atoms with van der Waals surface area (Å²) in [6.07, 6.45) is 2.82. The lowest BCUT2D eigenvalue weighted by Crippen LogP contribution is -2.42. The van der Waals surface area contributed by atoms with E-state index >= 15 is 0 Å². The Kier molecular flexibility index (Phi) is 5.32. The number of fused-ring (bicyclic) bond motifs is 1. The molecule has 4 rings (SSSR count). The van der Waals surface area contributed by atoms with Gasteiger partial charge in [0.15, 0.2) is 0 Å². The first-order valence-electron chi connectivity index (χ1n) is 9.21. The summed E-state index contributed by atoms with van der Waals surface area (Å²) in [6, 6.07) is 18.0. The average Bonchev–Trinajstić information content (AvgIpc) is 3.17. The Balaban J connectivity index is 1.53. The first kappa shape index (κ1) is 17.9. The van der Waals surface area contributed by atoms with Crippen molar-refractivity contribution in [2.45, 2.75) is 19.0 Å². The number of carbonyl (C=O) groups is 1. The highest BCUT2D eigenvalue weighted by Crippen LogP contribution is 2.27. The van der Waals surface area contributed by atoms with Crippen LogP contribution >= 0.6 is 11.3 Å². The molecule has 1 atom stereocenters. The van der Waals surface area contributed by atoms with Gasteiger partial charge >= 0.3 is 0 Å². The van der Waals surface area contributed by atoms with Crippen LogP contribution in [-0.2, 0) is 17.8 Å². The van der Waals surface area contributed by atoms with E-state index in [2.05, 4.69) is 33.5 Å². The molecule has 0 radical (unpaired) electrons. The van der Waals surface area contributed by atoms with E-state index in [1.807, 2.05) is 59.7 Å². The van der Waals surface area contributed by atoms with Crippen LogP contribution in [0.3, 0.4) is 0 Å². The Bertz CT molecular complexity index is 855. The number of pyridine rings is 1. The summed E-state index contributed by atoms with van der Waals surface area (Å²) < 4.78 is 0. The molecule has 4 nitrogen and oxygen atoms in total. The van der Waals surface area contributed by atoms with Crippen LogP contribution < -0.4 is 0 Å². The van der Waals surface area contributed by atoms with Crippen molar-refractivity contribution >= 4 is 17.2 Å². The van der Waals surface area contributed by atoms with Crippen LogP contribution in [0.15, 0.2) is 66.2 Å². The van der Waals surface area contributed by atoms with E-state index in [-0.39, 0.29) is 11.9 Å². The molecule has 1 amide bonds. The van der Waals surface area contributed by atoms with E-state index in [1.165, 1.54) is 10.4 Å². The predicted octanol–water partition coefficient (Wildman–Crippen LogP) is 3.75. The molecule has 1 aromatic carbocycles. The van der Waals surface area contributed by atoms with Gasteiger partial charge in [0, 0.05) is 31.2 Å². The molecule has 0 saturated heterocycles. The fraction of sp³-hybridized carbons (Fsp3) is 0.273. The molecule has 3 heterocycles. The Morgan fingerprint density at radius 2 is 2.00 bits per heavy atom. The van der Waals surface area contributed by atoms with Crippen LogP contribution in [0.2, 0.25) is 0 Å². The minimum absolute atomic E-state index is 0.119. The molecule has 0 bridgehead atoms. The van der Waals surface area contributed by atoms with Gasteiger partial charge in [0.2, 0.25) is 5.91 Å². The summed E-state index contributed by atoms with van der Waals surface area (Å²) in [5.41, 5.74) is 3.33. The molecule has 138 valence electrons. The SMILES string of the molecule is CN(C(=O)CN1CCc2sccc2C1)[C@@H](c1ccccc1)c1ccccn1. The normalized spacial score (nSPS) is 15.1. The smallest absolute Gasteiger partial charge is 0.237 e. The molecule has 27 heavy (non-hydrogen) atoms. The zero-order valence-electron chi connectivity index (χ0n) is 15.4. The van der Waals surface area contributed by atoms with E-state index < -0.39 is 0 Å². The molecule has 0 saturated carbocycles. The maximum absolute atomic E-state index is 13.1. The van der Waals surface area contributed by atoms with Crippen LogP contribution in [0, 0.1) is 0 Å². The topological polar surface area (TPSA) is 36.4 Å². The first-order chi connectivity index (χ1) is 13.2. The minimum Gasteiger partial charge on any atom is -0.332 e. The zero-order valence-corrected chi connectivity index (χ0v) is 16.2. The maximum Gasteiger partial charge on any atom is 0.237 e. The maximum atomic E-state index is 13.1. The summed E-state index contributed by atoms with van der Waals surface area (Å²) in [5, 5.41) is 2.15. The van der Waals surface area contributed by atoms with E-state index in [9.17, 15) is 4.79 Å². The summed E-state index contributed by atoms with van der Waals surface area (Å²) in [5.74, 6) is 0.119. The number of rotatable bonds is 5. The molecule has 3 aromatic rings. The van der Waals surface area contributed by atoms with Crippen molar-refractivity contribution in [2.75, 3.05) is 20.1 Å². The standard InChI is InChI=1S/C22H23N3OS/c1-24(21(26)16-25-13-10-20-18(15-25)11-14-27-20)22(17-7-3-2-4-8-17)19-9-5-6-12-23-19/h2-9,11-12,14,22H,10,13,15-16H2,1H3/t22-/m0/s1. The highest BCUT2D eigenvalue weighted by molar-refractivity contribution is 7.10. The van der Waals surface area contributed by atoms with Gasteiger partial charge < -0.3 is 4.90 Å². The predicted molar refractivity (Wildman–Crippen MR) is 109 cm³/mol. The third-order valence-electron chi connectivity index (χ3n) is 5.11. The third kappa shape index (κ3) is 3.94. The zero-order chi connectivity index (χ0) is 18.6. The van der Waals surface area contributed by atoms with Crippen molar-refractivity contribution in [3.63, 3.8) is 0 Å². The molecule has 2 aromatic heterocycles. The van der Waals surface area contributed by atoms with Crippen LogP contribution in [0.4, 0.5) is 0 Å². The van der Waals surface area contributed by atoms with Gasteiger partial charge in [0.05, 0.1) is 18.3 Å². The van der Waals surface area contributed by atoms with Crippen molar-refractivity contribution in [1.29, 1.82) is 0 Å². The molecule has 0 unspecified atom stereocenters. The molecular formula is C22H23N3OS. The van der Waals surface area contributed by atoms with Crippen molar-refractivity contribution in [1.82, 2.24) is 14.8 Å². The Hall–Kier alpha value is -2.50.